The third-order valence-corrected chi connectivity index (χ3v) is 3.50. The maximum atomic E-state index is 11.0. The number of piperidine rings is 1. The molecule has 0 spiro atoms. The second-order valence-electron chi connectivity index (χ2n) is 4.52. The van der Waals surface area contributed by atoms with Gasteiger partial charge in [0.1, 0.15) is 16.8 Å². The van der Waals surface area contributed by atoms with Crippen molar-refractivity contribution in [3.05, 3.63) is 33.9 Å². The predicted molar refractivity (Wildman–Crippen MR) is 70.4 cm³/mol. The molecule has 3 heterocycles. The highest BCUT2D eigenvalue weighted by atomic mass is 35.5. The number of H-pyrrole nitrogens is 2. The Morgan fingerprint density at radius 1 is 1.32 bits per heavy atom. The monoisotopic (exact) mass is 280 g/mol. The molecule has 100 valence electrons. The molecule has 1 aliphatic rings. The van der Waals surface area contributed by atoms with Gasteiger partial charge >= 0.3 is 5.69 Å². The lowest BCUT2D eigenvalue weighted by atomic mass is 9.96. The molecule has 0 aliphatic carbocycles. The predicted octanol–water partition coefficient (Wildman–Crippen LogP) is 0.925. The van der Waals surface area contributed by atoms with Crippen LogP contribution in [0.2, 0.25) is 5.15 Å². The minimum Gasteiger partial charge on any atom is -0.355 e. The molecule has 19 heavy (non-hydrogen) atoms. The quantitative estimate of drug-likeness (QED) is 0.854. The van der Waals surface area contributed by atoms with E-state index < -0.39 is 0 Å². The number of hydrogen-bond acceptors (Lipinski definition) is 5. The Bertz CT molecular complexity index is 615. The van der Waals surface area contributed by atoms with Crippen molar-refractivity contribution in [3.8, 4) is 0 Å². The molecule has 3 rings (SSSR count). The number of anilines is 1. The van der Waals surface area contributed by atoms with Crippen molar-refractivity contribution in [2.45, 2.75) is 18.8 Å². The lowest BCUT2D eigenvalue weighted by molar-refractivity contribution is 0.484. The van der Waals surface area contributed by atoms with Crippen LogP contribution >= 0.6 is 11.6 Å². The Morgan fingerprint density at radius 2 is 2.11 bits per heavy atom. The van der Waals surface area contributed by atoms with Gasteiger partial charge < -0.3 is 4.90 Å². The third kappa shape index (κ3) is 2.60. The zero-order chi connectivity index (χ0) is 13.2. The normalized spacial score (nSPS) is 16.8. The summed E-state index contributed by atoms with van der Waals surface area (Å²) in [5.41, 5.74) is -0.252. The van der Waals surface area contributed by atoms with E-state index in [2.05, 4.69) is 30.0 Å². The number of nitrogens with zero attached hydrogens (tertiary/aromatic N) is 4. The van der Waals surface area contributed by atoms with Crippen molar-refractivity contribution < 1.29 is 0 Å². The van der Waals surface area contributed by atoms with Crippen molar-refractivity contribution in [1.29, 1.82) is 0 Å². The molecule has 0 radical (unpaired) electrons. The molecule has 0 unspecified atom stereocenters. The summed E-state index contributed by atoms with van der Waals surface area (Å²) in [6.07, 6.45) is 5.05. The molecule has 0 atom stereocenters. The lowest BCUT2D eigenvalue weighted by Gasteiger charge is -2.31. The van der Waals surface area contributed by atoms with Crippen LogP contribution in [0, 0.1) is 0 Å². The van der Waals surface area contributed by atoms with Gasteiger partial charge in [-0.15, -0.1) is 0 Å². The molecule has 7 nitrogen and oxygen atoms in total. The zero-order valence-corrected chi connectivity index (χ0v) is 10.9. The summed E-state index contributed by atoms with van der Waals surface area (Å²) in [6, 6.07) is 0. The van der Waals surface area contributed by atoms with Gasteiger partial charge in [-0.2, -0.15) is 5.10 Å². The van der Waals surface area contributed by atoms with Gasteiger partial charge in [-0.1, -0.05) is 11.6 Å². The summed E-state index contributed by atoms with van der Waals surface area (Å²) in [6.45, 7) is 1.68. The largest absolute Gasteiger partial charge is 0.355 e. The Labute approximate surface area is 114 Å². The first-order chi connectivity index (χ1) is 9.22. The second-order valence-corrected chi connectivity index (χ2v) is 4.91. The van der Waals surface area contributed by atoms with Crippen molar-refractivity contribution in [2.24, 2.45) is 0 Å². The first kappa shape index (κ1) is 12.2. The summed E-state index contributed by atoms with van der Waals surface area (Å²) in [7, 11) is 0. The second kappa shape index (κ2) is 5.00. The zero-order valence-electron chi connectivity index (χ0n) is 10.1. The average molecular weight is 281 g/mol. The molecule has 1 saturated heterocycles. The van der Waals surface area contributed by atoms with E-state index in [0.29, 0.717) is 5.15 Å². The van der Waals surface area contributed by atoms with E-state index in [9.17, 15) is 4.79 Å². The molecule has 2 aromatic rings. The molecule has 1 fully saturated rings. The van der Waals surface area contributed by atoms with Crippen molar-refractivity contribution in [3.63, 3.8) is 0 Å². The van der Waals surface area contributed by atoms with Gasteiger partial charge in [-0.3, -0.25) is 9.97 Å². The van der Waals surface area contributed by atoms with E-state index >= 15 is 0 Å². The number of halogens is 1. The van der Waals surface area contributed by atoms with Crippen LogP contribution < -0.4 is 10.6 Å². The number of hydrogen-bond donors (Lipinski definition) is 2. The van der Waals surface area contributed by atoms with Crippen LogP contribution in [0.1, 0.15) is 24.6 Å². The molecule has 0 amide bonds. The van der Waals surface area contributed by atoms with E-state index in [-0.39, 0.29) is 11.6 Å². The van der Waals surface area contributed by atoms with Gasteiger partial charge in [0.05, 0.1) is 12.4 Å². The number of nitrogens with one attached hydrogen (secondary N) is 2. The fourth-order valence-electron chi connectivity index (χ4n) is 2.34. The number of aromatic amines is 2. The molecular weight excluding hydrogens is 268 g/mol. The molecule has 0 bridgehead atoms. The minimum atomic E-state index is -0.252. The molecule has 0 saturated carbocycles. The first-order valence-corrected chi connectivity index (χ1v) is 6.47. The Morgan fingerprint density at radius 3 is 2.74 bits per heavy atom. The van der Waals surface area contributed by atoms with Gasteiger partial charge in [0.25, 0.3) is 0 Å². The Kier molecular flexibility index (Phi) is 3.20. The Hall–Kier alpha value is -1.89. The van der Waals surface area contributed by atoms with Gasteiger partial charge in [0, 0.05) is 19.0 Å². The van der Waals surface area contributed by atoms with E-state index in [4.69, 9.17) is 11.6 Å². The van der Waals surface area contributed by atoms with Gasteiger partial charge in [0.15, 0.2) is 0 Å². The lowest BCUT2D eigenvalue weighted by Crippen LogP contribution is -2.34. The summed E-state index contributed by atoms with van der Waals surface area (Å²) in [5, 5.41) is 6.79. The summed E-state index contributed by atoms with van der Waals surface area (Å²) in [4.78, 5) is 24.2. The maximum Gasteiger partial charge on any atom is 0.340 e. The molecule has 1 aliphatic heterocycles. The fourth-order valence-corrected chi connectivity index (χ4v) is 2.49. The van der Waals surface area contributed by atoms with E-state index in [0.717, 1.165) is 37.6 Å². The highest BCUT2D eigenvalue weighted by molar-refractivity contribution is 6.29. The standard InChI is InChI=1S/C11H13ClN6O/c12-8-5-13-6-9(14-8)18-3-1-7(2-4-18)10-15-11(19)17-16-10/h5-7H,1-4H2,(H2,15,16,17,19). The fraction of sp³-hybridized carbons (Fsp3) is 0.455. The Balaban J connectivity index is 1.68. The number of rotatable bonds is 2. The number of aromatic nitrogens is 5. The molecule has 2 aromatic heterocycles. The van der Waals surface area contributed by atoms with Crippen molar-refractivity contribution in [1.82, 2.24) is 25.1 Å². The smallest absolute Gasteiger partial charge is 0.340 e. The van der Waals surface area contributed by atoms with Gasteiger partial charge in [-0.25, -0.2) is 14.9 Å². The van der Waals surface area contributed by atoms with Crippen LogP contribution in [0.5, 0.6) is 0 Å². The first-order valence-electron chi connectivity index (χ1n) is 6.09. The van der Waals surface area contributed by atoms with E-state index in [1.165, 1.54) is 6.20 Å². The molecule has 2 N–H and O–H groups in total. The summed E-state index contributed by atoms with van der Waals surface area (Å²) in [5.74, 6) is 1.81. The van der Waals surface area contributed by atoms with E-state index in [1.54, 1.807) is 6.20 Å². The average Bonchev–Trinajstić information content (AvgIpc) is 2.86. The van der Waals surface area contributed by atoms with Crippen molar-refractivity contribution in [2.75, 3.05) is 18.0 Å². The molecule has 8 heteroatoms. The minimum absolute atomic E-state index is 0.252. The van der Waals surface area contributed by atoms with Crippen LogP contribution in [0.4, 0.5) is 5.82 Å². The van der Waals surface area contributed by atoms with Crippen LogP contribution in [0.15, 0.2) is 17.2 Å². The van der Waals surface area contributed by atoms with Crippen LogP contribution in [-0.2, 0) is 0 Å². The van der Waals surface area contributed by atoms with Crippen LogP contribution in [0.3, 0.4) is 0 Å². The third-order valence-electron chi connectivity index (χ3n) is 3.32. The highest BCUT2D eigenvalue weighted by Crippen LogP contribution is 2.27. The van der Waals surface area contributed by atoms with Crippen LogP contribution in [-0.4, -0.2) is 38.2 Å². The van der Waals surface area contributed by atoms with Crippen molar-refractivity contribution >= 4 is 17.4 Å². The molecule has 0 aromatic carbocycles. The van der Waals surface area contributed by atoms with E-state index in [1.807, 2.05) is 0 Å². The topological polar surface area (TPSA) is 90.6 Å². The summed E-state index contributed by atoms with van der Waals surface area (Å²) >= 11 is 5.84. The maximum absolute atomic E-state index is 11.0. The van der Waals surface area contributed by atoms with Gasteiger partial charge in [-0.05, 0) is 12.8 Å². The van der Waals surface area contributed by atoms with Gasteiger partial charge in [0.2, 0.25) is 0 Å². The SMILES string of the molecule is O=c1[nH]nc(C2CCN(c3cncc(Cl)n3)CC2)[nH]1. The van der Waals surface area contributed by atoms with Crippen LogP contribution in [0.25, 0.3) is 0 Å². The molecular formula is C11H13ClN6O. The summed E-state index contributed by atoms with van der Waals surface area (Å²) < 4.78 is 0. The highest BCUT2D eigenvalue weighted by Gasteiger charge is 2.23.